The van der Waals surface area contributed by atoms with Crippen molar-refractivity contribution in [2.24, 2.45) is 0 Å². The van der Waals surface area contributed by atoms with E-state index in [1.807, 2.05) is 0 Å². The van der Waals surface area contributed by atoms with Crippen molar-refractivity contribution >= 4 is 35.1 Å². The molecule has 9 heteroatoms. The van der Waals surface area contributed by atoms with Crippen LogP contribution in [0.25, 0.3) is 0 Å². The Balaban J connectivity index is 2.44. The molecular weight excluding hydrogens is 340 g/mol. The first-order valence-corrected chi connectivity index (χ1v) is 7.28. The number of amides is 1. The third-order valence-corrected chi connectivity index (χ3v) is 3.66. The van der Waals surface area contributed by atoms with Gasteiger partial charge in [-0.2, -0.15) is 0 Å². The van der Waals surface area contributed by atoms with Crippen LogP contribution < -0.4 is 5.32 Å². The molecule has 0 aromatic heterocycles. The van der Waals surface area contributed by atoms with Crippen LogP contribution in [0.2, 0.25) is 5.02 Å². The molecule has 0 saturated heterocycles. The Morgan fingerprint density at radius 2 is 2.12 bits per heavy atom. The molecule has 0 spiro atoms. The van der Waals surface area contributed by atoms with Crippen molar-refractivity contribution < 1.29 is 29.3 Å². The van der Waals surface area contributed by atoms with E-state index in [-0.39, 0.29) is 47.2 Å². The maximum absolute atomic E-state index is 12.4. The van der Waals surface area contributed by atoms with Crippen LogP contribution in [-0.4, -0.2) is 59.8 Å². The van der Waals surface area contributed by atoms with Crippen molar-refractivity contribution in [3.63, 3.8) is 0 Å². The van der Waals surface area contributed by atoms with Crippen LogP contribution in [0.5, 0.6) is 0 Å². The van der Waals surface area contributed by atoms with Crippen molar-refractivity contribution in [2.75, 3.05) is 32.1 Å². The number of aromatic carboxylic acids is 1. The van der Waals surface area contributed by atoms with E-state index in [2.05, 4.69) is 10.1 Å². The molecular formula is C15H15ClN2O6. The molecule has 1 aromatic rings. The maximum atomic E-state index is 12.4. The van der Waals surface area contributed by atoms with E-state index in [9.17, 15) is 19.5 Å². The number of β-amino-alcohol motifs (C(OH)–C–C–N with tert-alkyl or cyclic N) is 1. The Bertz CT molecular complexity index is 731. The summed E-state index contributed by atoms with van der Waals surface area (Å²) in [6.07, 6.45) is 0. The summed E-state index contributed by atoms with van der Waals surface area (Å²) in [4.78, 5) is 36.9. The van der Waals surface area contributed by atoms with E-state index in [4.69, 9.17) is 16.7 Å². The second-order valence-corrected chi connectivity index (χ2v) is 5.35. The number of aliphatic hydroxyl groups excluding tert-OH is 1. The van der Waals surface area contributed by atoms with Gasteiger partial charge >= 0.3 is 11.9 Å². The summed E-state index contributed by atoms with van der Waals surface area (Å²) in [6.45, 7) is -0.284. The zero-order chi connectivity index (χ0) is 17.9. The summed E-state index contributed by atoms with van der Waals surface area (Å²) < 4.78 is 4.66. The Labute approximate surface area is 142 Å². The molecule has 2 rings (SSSR count). The molecule has 24 heavy (non-hydrogen) atoms. The second-order valence-electron chi connectivity index (χ2n) is 4.92. The minimum atomic E-state index is -1.22. The topological polar surface area (TPSA) is 116 Å². The number of esters is 1. The Morgan fingerprint density at radius 1 is 1.42 bits per heavy atom. The van der Waals surface area contributed by atoms with Gasteiger partial charge in [-0.1, -0.05) is 11.6 Å². The molecule has 0 radical (unpaired) electrons. The standard InChI is InChI=1S/C15H15ClN2O6/c1-24-15(23)10-7-18(4-5-19)13(20)12(10)17-11-6-8(16)2-3-9(11)14(21)22/h2-3,6,17,19H,4-5,7H2,1H3,(H,21,22). The third-order valence-electron chi connectivity index (χ3n) is 3.43. The highest BCUT2D eigenvalue weighted by Gasteiger charge is 2.35. The number of ether oxygens (including phenoxy) is 1. The summed E-state index contributed by atoms with van der Waals surface area (Å²) in [5.74, 6) is -2.47. The number of halogens is 1. The van der Waals surface area contributed by atoms with Gasteiger partial charge in [-0.05, 0) is 18.2 Å². The third kappa shape index (κ3) is 3.50. The zero-order valence-corrected chi connectivity index (χ0v) is 13.5. The summed E-state index contributed by atoms with van der Waals surface area (Å²) >= 11 is 5.88. The number of hydrogen-bond donors (Lipinski definition) is 3. The molecule has 0 atom stereocenters. The average molecular weight is 355 g/mol. The number of carboxylic acids is 1. The van der Waals surface area contributed by atoms with Gasteiger partial charge in [0, 0.05) is 11.6 Å². The molecule has 1 aromatic carbocycles. The number of aliphatic hydroxyl groups is 1. The fourth-order valence-corrected chi connectivity index (χ4v) is 2.46. The van der Waals surface area contributed by atoms with Crippen LogP contribution in [0.4, 0.5) is 5.69 Å². The molecule has 1 amide bonds. The number of carbonyl (C=O) groups excluding carboxylic acids is 2. The lowest BCUT2D eigenvalue weighted by Gasteiger charge is -2.15. The first-order valence-electron chi connectivity index (χ1n) is 6.90. The van der Waals surface area contributed by atoms with Crippen LogP contribution in [0.1, 0.15) is 10.4 Å². The highest BCUT2D eigenvalue weighted by Crippen LogP contribution is 2.27. The summed E-state index contributed by atoms with van der Waals surface area (Å²) in [5.41, 5.74) is -0.0811. The number of nitrogens with one attached hydrogen (secondary N) is 1. The van der Waals surface area contributed by atoms with Crippen LogP contribution >= 0.6 is 11.6 Å². The van der Waals surface area contributed by atoms with E-state index < -0.39 is 17.8 Å². The van der Waals surface area contributed by atoms with E-state index in [1.165, 1.54) is 30.2 Å². The molecule has 3 N–H and O–H groups in total. The number of nitrogens with zero attached hydrogens (tertiary/aromatic N) is 1. The van der Waals surface area contributed by atoms with Gasteiger partial charge in [0.15, 0.2) is 0 Å². The monoisotopic (exact) mass is 354 g/mol. The van der Waals surface area contributed by atoms with Gasteiger partial charge in [-0.3, -0.25) is 4.79 Å². The van der Waals surface area contributed by atoms with Crippen molar-refractivity contribution in [2.45, 2.75) is 0 Å². The molecule has 128 valence electrons. The molecule has 0 aliphatic carbocycles. The molecule has 1 heterocycles. The summed E-state index contributed by atoms with van der Waals surface area (Å²) in [5, 5.41) is 21.2. The molecule has 0 fully saturated rings. The first kappa shape index (κ1) is 17.8. The summed E-state index contributed by atoms with van der Waals surface area (Å²) in [6, 6.07) is 4.03. The largest absolute Gasteiger partial charge is 0.478 e. The quantitative estimate of drug-likeness (QED) is 0.644. The number of methoxy groups -OCH3 is 1. The Hall–Kier alpha value is -2.58. The van der Waals surface area contributed by atoms with Gasteiger partial charge in [0.2, 0.25) is 0 Å². The first-order chi connectivity index (χ1) is 11.4. The predicted molar refractivity (Wildman–Crippen MR) is 84.7 cm³/mol. The lowest BCUT2D eigenvalue weighted by molar-refractivity contribution is -0.136. The van der Waals surface area contributed by atoms with Gasteiger partial charge in [-0.25, -0.2) is 9.59 Å². The molecule has 8 nitrogen and oxygen atoms in total. The number of anilines is 1. The lowest BCUT2D eigenvalue weighted by atomic mass is 10.1. The zero-order valence-electron chi connectivity index (χ0n) is 12.7. The van der Waals surface area contributed by atoms with Crippen LogP contribution in [-0.2, 0) is 14.3 Å². The van der Waals surface area contributed by atoms with Gasteiger partial charge in [0.25, 0.3) is 5.91 Å². The molecule has 0 bridgehead atoms. The van der Waals surface area contributed by atoms with Gasteiger partial charge in [0.1, 0.15) is 5.70 Å². The number of rotatable bonds is 6. The number of hydrogen-bond acceptors (Lipinski definition) is 6. The Morgan fingerprint density at radius 3 is 2.71 bits per heavy atom. The number of benzene rings is 1. The van der Waals surface area contributed by atoms with E-state index >= 15 is 0 Å². The normalized spacial score (nSPS) is 14.1. The van der Waals surface area contributed by atoms with Crippen molar-refractivity contribution in [3.05, 3.63) is 40.1 Å². The maximum Gasteiger partial charge on any atom is 0.337 e. The van der Waals surface area contributed by atoms with Gasteiger partial charge < -0.3 is 25.2 Å². The van der Waals surface area contributed by atoms with Crippen molar-refractivity contribution in [1.29, 1.82) is 0 Å². The predicted octanol–water partition coefficient (Wildman–Crippen LogP) is 0.712. The molecule has 1 aliphatic rings. The fourth-order valence-electron chi connectivity index (χ4n) is 2.29. The molecule has 1 aliphatic heterocycles. The SMILES string of the molecule is COC(=O)C1=C(Nc2cc(Cl)ccc2C(=O)O)C(=O)N(CCO)C1. The molecule has 0 unspecified atom stereocenters. The number of carbonyl (C=O) groups is 3. The Kier molecular flexibility index (Phi) is 5.42. The smallest absolute Gasteiger partial charge is 0.337 e. The van der Waals surface area contributed by atoms with Crippen molar-refractivity contribution in [1.82, 2.24) is 4.90 Å². The van der Waals surface area contributed by atoms with Crippen LogP contribution in [0.3, 0.4) is 0 Å². The van der Waals surface area contributed by atoms with Crippen LogP contribution in [0.15, 0.2) is 29.5 Å². The van der Waals surface area contributed by atoms with Gasteiger partial charge in [-0.15, -0.1) is 0 Å². The average Bonchev–Trinajstić information content (AvgIpc) is 2.84. The second kappa shape index (κ2) is 7.33. The lowest BCUT2D eigenvalue weighted by Crippen LogP contribution is -2.31. The van der Waals surface area contributed by atoms with E-state index in [1.54, 1.807) is 0 Å². The number of carboxylic acid groups (broad SMARTS) is 1. The van der Waals surface area contributed by atoms with Crippen molar-refractivity contribution in [3.8, 4) is 0 Å². The highest BCUT2D eigenvalue weighted by atomic mass is 35.5. The highest BCUT2D eigenvalue weighted by molar-refractivity contribution is 6.31. The summed E-state index contributed by atoms with van der Waals surface area (Å²) in [7, 11) is 1.17. The minimum absolute atomic E-state index is 0.0336. The van der Waals surface area contributed by atoms with Gasteiger partial charge in [0.05, 0.1) is 37.1 Å². The molecule has 0 saturated carbocycles. The van der Waals surface area contributed by atoms with E-state index in [0.717, 1.165) is 0 Å². The minimum Gasteiger partial charge on any atom is -0.478 e. The van der Waals surface area contributed by atoms with E-state index in [0.29, 0.717) is 0 Å². The fraction of sp³-hybridized carbons (Fsp3) is 0.267. The van der Waals surface area contributed by atoms with Crippen LogP contribution in [0, 0.1) is 0 Å².